The van der Waals surface area contributed by atoms with Gasteiger partial charge in [0.25, 0.3) is 0 Å². The molecule has 1 aliphatic rings. The van der Waals surface area contributed by atoms with E-state index in [0.717, 1.165) is 4.88 Å². The number of anilines is 1. The molecule has 1 unspecified atom stereocenters. The molecule has 3 rings (SSSR count). The van der Waals surface area contributed by atoms with E-state index in [-0.39, 0.29) is 24.8 Å². The number of nitrogens with zero attached hydrogens (tertiary/aromatic N) is 2. The average Bonchev–Trinajstić information content (AvgIpc) is 3.36. The van der Waals surface area contributed by atoms with Crippen LogP contribution in [0.2, 0.25) is 4.34 Å². The Hall–Kier alpha value is -2.71. The maximum Gasteiger partial charge on any atom is 0.228 e. The molecule has 2 heterocycles. The zero-order valence-corrected chi connectivity index (χ0v) is 19.3. The number of halogens is 1. The summed E-state index contributed by atoms with van der Waals surface area (Å²) in [4.78, 5) is 30.3. The van der Waals surface area contributed by atoms with Crippen LogP contribution in [0.25, 0.3) is 0 Å². The molecule has 1 atom stereocenters. The number of amides is 2. The molecular weight excluding hydrogens is 440 g/mol. The van der Waals surface area contributed by atoms with Gasteiger partial charge in [0.15, 0.2) is 11.5 Å². The molecule has 1 aromatic carbocycles. The van der Waals surface area contributed by atoms with Crippen LogP contribution in [0.15, 0.2) is 36.9 Å². The Morgan fingerprint density at radius 1 is 1.26 bits per heavy atom. The smallest absolute Gasteiger partial charge is 0.228 e. The molecule has 0 N–H and O–H groups in total. The fourth-order valence-corrected chi connectivity index (χ4v) is 4.72. The molecule has 7 nitrogen and oxygen atoms in total. The van der Waals surface area contributed by atoms with Crippen molar-refractivity contribution in [2.45, 2.75) is 13.0 Å². The number of carbonyl (C=O) groups excluding carboxylic acids is 2. The number of carbonyl (C=O) groups is 2. The topological polar surface area (TPSA) is 68.3 Å². The maximum atomic E-state index is 13.2. The summed E-state index contributed by atoms with van der Waals surface area (Å²) in [5, 5.41) is 0. The minimum Gasteiger partial charge on any atom is -0.493 e. The monoisotopic (exact) mass is 464 g/mol. The van der Waals surface area contributed by atoms with Gasteiger partial charge in [0.2, 0.25) is 17.6 Å². The highest BCUT2D eigenvalue weighted by molar-refractivity contribution is 7.16. The van der Waals surface area contributed by atoms with Gasteiger partial charge in [-0.3, -0.25) is 9.59 Å². The van der Waals surface area contributed by atoms with Crippen LogP contribution >= 0.6 is 22.9 Å². The van der Waals surface area contributed by atoms with Gasteiger partial charge in [0.1, 0.15) is 0 Å². The summed E-state index contributed by atoms with van der Waals surface area (Å²) in [6.45, 7) is 4.85. The first-order chi connectivity index (χ1) is 14.9. The van der Waals surface area contributed by atoms with E-state index >= 15 is 0 Å². The van der Waals surface area contributed by atoms with Crippen molar-refractivity contribution in [3.8, 4) is 17.2 Å². The largest absolute Gasteiger partial charge is 0.493 e. The number of thiophene rings is 1. The van der Waals surface area contributed by atoms with E-state index < -0.39 is 5.92 Å². The minimum absolute atomic E-state index is 0.0901. The second-order valence-electron chi connectivity index (χ2n) is 7.00. The first-order valence-corrected chi connectivity index (χ1v) is 10.9. The molecular formula is C22H25ClN2O5S. The first kappa shape index (κ1) is 23.0. The Morgan fingerprint density at radius 3 is 2.45 bits per heavy atom. The number of methoxy groups -OCH3 is 3. The summed E-state index contributed by atoms with van der Waals surface area (Å²) in [7, 11) is 4.55. The molecule has 9 heteroatoms. The summed E-state index contributed by atoms with van der Waals surface area (Å²) in [5.41, 5.74) is 0.593. The normalized spacial score (nSPS) is 15.7. The highest BCUT2D eigenvalue weighted by Crippen LogP contribution is 2.42. The van der Waals surface area contributed by atoms with Gasteiger partial charge < -0.3 is 24.0 Å². The summed E-state index contributed by atoms with van der Waals surface area (Å²) < 4.78 is 16.8. The summed E-state index contributed by atoms with van der Waals surface area (Å²) in [5.74, 6) is 0.657. The van der Waals surface area contributed by atoms with Crippen LogP contribution in [-0.4, -0.2) is 51.1 Å². The van der Waals surface area contributed by atoms with Crippen LogP contribution < -0.4 is 19.1 Å². The highest BCUT2D eigenvalue weighted by atomic mass is 35.5. The van der Waals surface area contributed by atoms with Crippen LogP contribution in [0.5, 0.6) is 17.2 Å². The van der Waals surface area contributed by atoms with Gasteiger partial charge in [0, 0.05) is 36.5 Å². The van der Waals surface area contributed by atoms with Gasteiger partial charge in [-0.25, -0.2) is 0 Å². The van der Waals surface area contributed by atoms with E-state index in [1.165, 1.54) is 32.7 Å². The Labute approximate surface area is 190 Å². The van der Waals surface area contributed by atoms with Crippen molar-refractivity contribution in [3.63, 3.8) is 0 Å². The second kappa shape index (κ2) is 10.1. The first-order valence-electron chi connectivity index (χ1n) is 9.66. The zero-order chi connectivity index (χ0) is 22.5. The molecule has 1 aliphatic heterocycles. The summed E-state index contributed by atoms with van der Waals surface area (Å²) in [6, 6.07) is 7.13. The average molecular weight is 465 g/mol. The van der Waals surface area contributed by atoms with Crippen molar-refractivity contribution < 1.29 is 23.8 Å². The van der Waals surface area contributed by atoms with Crippen LogP contribution in [0.3, 0.4) is 0 Å². The predicted molar refractivity (Wildman–Crippen MR) is 122 cm³/mol. The van der Waals surface area contributed by atoms with Gasteiger partial charge in [0.05, 0.1) is 43.8 Å². The van der Waals surface area contributed by atoms with E-state index in [0.29, 0.717) is 40.4 Å². The van der Waals surface area contributed by atoms with Crippen molar-refractivity contribution in [3.05, 3.63) is 46.1 Å². The van der Waals surface area contributed by atoms with E-state index in [4.69, 9.17) is 25.8 Å². The number of hydrogen-bond donors (Lipinski definition) is 0. The number of ether oxygens (including phenoxy) is 3. The molecule has 2 amide bonds. The van der Waals surface area contributed by atoms with Gasteiger partial charge in [-0.15, -0.1) is 17.9 Å². The van der Waals surface area contributed by atoms with E-state index in [2.05, 4.69) is 6.58 Å². The lowest BCUT2D eigenvalue weighted by molar-refractivity contribution is -0.135. The highest BCUT2D eigenvalue weighted by Gasteiger charge is 2.37. The van der Waals surface area contributed by atoms with E-state index in [9.17, 15) is 9.59 Å². The molecule has 0 radical (unpaired) electrons. The third kappa shape index (κ3) is 4.97. The number of hydrogen-bond acceptors (Lipinski definition) is 6. The molecule has 1 fully saturated rings. The standard InChI is InChI=1S/C22H25ClN2O5S/c1-5-8-24(13-16-6-7-19(23)31-16)22(27)14-9-20(26)25(12-14)15-10-17(28-2)21(30-4)18(11-15)29-3/h5-7,10-11,14H,1,8-9,12-13H2,2-4H3. The lowest BCUT2D eigenvalue weighted by Crippen LogP contribution is -2.37. The zero-order valence-electron chi connectivity index (χ0n) is 17.7. The third-order valence-corrected chi connectivity index (χ3v) is 6.29. The Balaban J connectivity index is 1.81. The molecule has 31 heavy (non-hydrogen) atoms. The van der Waals surface area contributed by atoms with Crippen LogP contribution in [0.1, 0.15) is 11.3 Å². The second-order valence-corrected chi connectivity index (χ2v) is 8.80. The van der Waals surface area contributed by atoms with Crippen molar-refractivity contribution in [2.75, 3.05) is 39.3 Å². The van der Waals surface area contributed by atoms with Crippen LogP contribution in [-0.2, 0) is 16.1 Å². The van der Waals surface area contributed by atoms with Crippen LogP contribution in [0, 0.1) is 5.92 Å². The molecule has 1 saturated heterocycles. The van der Waals surface area contributed by atoms with Crippen LogP contribution in [0.4, 0.5) is 5.69 Å². The van der Waals surface area contributed by atoms with Crippen molar-refractivity contribution >= 4 is 40.4 Å². The number of benzene rings is 1. The molecule has 0 bridgehead atoms. The molecule has 0 aliphatic carbocycles. The predicted octanol–water partition coefficient (Wildman–Crippen LogP) is 4.00. The summed E-state index contributed by atoms with van der Waals surface area (Å²) in [6.07, 6.45) is 1.81. The lowest BCUT2D eigenvalue weighted by atomic mass is 10.1. The van der Waals surface area contributed by atoms with Gasteiger partial charge in [-0.2, -0.15) is 0 Å². The van der Waals surface area contributed by atoms with E-state index in [1.807, 2.05) is 12.1 Å². The molecule has 0 saturated carbocycles. The molecule has 166 valence electrons. The Morgan fingerprint density at radius 2 is 1.94 bits per heavy atom. The minimum atomic E-state index is -0.457. The molecule has 2 aromatic rings. The van der Waals surface area contributed by atoms with Crippen molar-refractivity contribution in [1.29, 1.82) is 0 Å². The molecule has 1 aromatic heterocycles. The van der Waals surface area contributed by atoms with Crippen molar-refractivity contribution in [2.24, 2.45) is 5.92 Å². The van der Waals surface area contributed by atoms with Gasteiger partial charge in [-0.1, -0.05) is 17.7 Å². The Bertz CT molecular complexity index is 952. The molecule has 0 spiro atoms. The lowest BCUT2D eigenvalue weighted by Gasteiger charge is -2.24. The van der Waals surface area contributed by atoms with Crippen molar-refractivity contribution in [1.82, 2.24) is 4.90 Å². The maximum absolute atomic E-state index is 13.2. The van der Waals surface area contributed by atoms with Gasteiger partial charge in [-0.05, 0) is 12.1 Å². The quantitative estimate of drug-likeness (QED) is 0.525. The van der Waals surface area contributed by atoms with Gasteiger partial charge >= 0.3 is 0 Å². The van der Waals surface area contributed by atoms with E-state index in [1.54, 1.807) is 28.0 Å². The summed E-state index contributed by atoms with van der Waals surface area (Å²) >= 11 is 7.45. The SMILES string of the molecule is C=CCN(Cc1ccc(Cl)s1)C(=O)C1CC(=O)N(c2cc(OC)c(OC)c(OC)c2)C1. The number of rotatable bonds is 9. The third-order valence-electron chi connectivity index (χ3n) is 5.07. The Kier molecular flexibility index (Phi) is 7.46. The fraction of sp³-hybridized carbons (Fsp3) is 0.364. The fourth-order valence-electron chi connectivity index (χ4n) is 3.62.